The predicted octanol–water partition coefficient (Wildman–Crippen LogP) is 5.35. The molecule has 1 amide bonds. The fourth-order valence-corrected chi connectivity index (χ4v) is 5.35. The van der Waals surface area contributed by atoms with Gasteiger partial charge in [-0.05, 0) is 49.9 Å². The van der Waals surface area contributed by atoms with E-state index < -0.39 is 0 Å². The van der Waals surface area contributed by atoms with E-state index in [1.165, 1.54) is 0 Å². The number of hydrogen-bond donors (Lipinski definition) is 3. The highest BCUT2D eigenvalue weighted by Crippen LogP contribution is 2.39. The van der Waals surface area contributed by atoms with Gasteiger partial charge in [-0.3, -0.25) is 9.20 Å². The Morgan fingerprint density at radius 3 is 2.69 bits per heavy atom. The van der Waals surface area contributed by atoms with Gasteiger partial charge in [-0.1, -0.05) is 36.3 Å². The number of aromatic nitrogens is 4. The van der Waals surface area contributed by atoms with E-state index in [4.69, 9.17) is 17.1 Å². The first kappa shape index (κ1) is 21.9. The number of nitrogens with two attached hydrogens (primary N) is 1. The summed E-state index contributed by atoms with van der Waals surface area (Å²) in [7, 11) is 0. The molecule has 7 heteroatoms. The summed E-state index contributed by atoms with van der Waals surface area (Å²) in [6.07, 6.45) is 12.7. The first-order valence-corrected chi connectivity index (χ1v) is 12.2. The lowest BCUT2D eigenvalue weighted by atomic mass is 9.81. The molecule has 0 atom stereocenters. The number of rotatable bonds is 4. The Balaban J connectivity index is 1.30. The number of fused-ring (bicyclic) bond motifs is 2. The molecular formula is C29H26N6O. The molecule has 5 aromatic rings. The maximum absolute atomic E-state index is 12.8. The maximum Gasteiger partial charge on any atom is 0.227 e. The van der Waals surface area contributed by atoms with Gasteiger partial charge >= 0.3 is 0 Å². The van der Waals surface area contributed by atoms with Crippen molar-refractivity contribution in [3.8, 4) is 23.7 Å². The molecule has 178 valence electrons. The van der Waals surface area contributed by atoms with Gasteiger partial charge in [-0.2, -0.15) is 0 Å². The molecule has 3 heterocycles. The fourth-order valence-electron chi connectivity index (χ4n) is 5.35. The van der Waals surface area contributed by atoms with Gasteiger partial charge < -0.3 is 16.0 Å². The first-order valence-electron chi connectivity index (χ1n) is 12.2. The van der Waals surface area contributed by atoms with E-state index in [1.54, 1.807) is 6.20 Å². The predicted molar refractivity (Wildman–Crippen MR) is 142 cm³/mol. The quantitative estimate of drug-likeness (QED) is 0.306. The van der Waals surface area contributed by atoms with E-state index >= 15 is 0 Å². The van der Waals surface area contributed by atoms with Gasteiger partial charge in [0.25, 0.3) is 0 Å². The third kappa shape index (κ3) is 3.77. The molecule has 1 saturated carbocycles. The molecule has 0 bridgehead atoms. The minimum Gasteiger partial charge on any atom is -0.382 e. The number of aromatic amines is 1. The van der Waals surface area contributed by atoms with Crippen molar-refractivity contribution >= 4 is 33.8 Å². The lowest BCUT2D eigenvalue weighted by Crippen LogP contribution is -2.27. The molecule has 0 radical (unpaired) electrons. The number of hydrogen-bond acceptors (Lipinski definition) is 4. The number of carbonyl (C=O) groups excluding carboxylic acids is 1. The van der Waals surface area contributed by atoms with Crippen molar-refractivity contribution in [2.75, 3.05) is 11.1 Å². The van der Waals surface area contributed by atoms with E-state index in [2.05, 4.69) is 31.7 Å². The average molecular weight is 475 g/mol. The molecule has 2 aromatic carbocycles. The molecule has 6 rings (SSSR count). The van der Waals surface area contributed by atoms with Crippen LogP contribution in [0.15, 0.2) is 67.0 Å². The number of amides is 1. The van der Waals surface area contributed by atoms with Crippen molar-refractivity contribution in [2.45, 2.75) is 31.6 Å². The van der Waals surface area contributed by atoms with E-state index in [-0.39, 0.29) is 17.7 Å². The van der Waals surface area contributed by atoms with Crippen LogP contribution in [0.3, 0.4) is 0 Å². The van der Waals surface area contributed by atoms with E-state index in [9.17, 15) is 4.79 Å². The molecule has 0 spiro atoms. The summed E-state index contributed by atoms with van der Waals surface area (Å²) < 4.78 is 2.06. The van der Waals surface area contributed by atoms with Gasteiger partial charge in [-0.15, -0.1) is 6.42 Å². The molecule has 7 nitrogen and oxygen atoms in total. The van der Waals surface area contributed by atoms with Crippen molar-refractivity contribution in [3.63, 3.8) is 0 Å². The van der Waals surface area contributed by atoms with Crippen molar-refractivity contribution in [1.82, 2.24) is 19.4 Å². The fraction of sp³-hybridized carbons (Fsp3) is 0.207. The number of benzene rings is 2. The number of nitrogens with one attached hydrogen (secondary N) is 2. The molecule has 3 aromatic heterocycles. The second kappa shape index (κ2) is 8.90. The second-order valence-corrected chi connectivity index (χ2v) is 9.35. The van der Waals surface area contributed by atoms with Crippen LogP contribution in [0, 0.1) is 18.3 Å². The third-order valence-electron chi connectivity index (χ3n) is 7.18. The third-order valence-corrected chi connectivity index (χ3v) is 7.18. The number of imidazole rings is 1. The second-order valence-electron chi connectivity index (χ2n) is 9.35. The highest BCUT2D eigenvalue weighted by atomic mass is 16.1. The molecule has 0 aliphatic heterocycles. The van der Waals surface area contributed by atoms with Crippen LogP contribution in [0.5, 0.6) is 0 Å². The van der Waals surface area contributed by atoms with Gasteiger partial charge in [-0.25, -0.2) is 9.97 Å². The highest BCUT2D eigenvalue weighted by Gasteiger charge is 2.30. The Hall–Kier alpha value is -4.57. The lowest BCUT2D eigenvalue weighted by molar-refractivity contribution is -0.120. The zero-order chi connectivity index (χ0) is 24.6. The van der Waals surface area contributed by atoms with Crippen LogP contribution in [0.2, 0.25) is 0 Å². The Bertz CT molecular complexity index is 1620. The Kier molecular flexibility index (Phi) is 5.42. The number of nitrogen functional groups attached to an aromatic ring is 1. The van der Waals surface area contributed by atoms with E-state index in [0.717, 1.165) is 70.6 Å². The Morgan fingerprint density at radius 2 is 1.92 bits per heavy atom. The topological polar surface area (TPSA) is 101 Å². The summed E-state index contributed by atoms with van der Waals surface area (Å²) in [5, 5.41) is 4.07. The summed E-state index contributed by atoms with van der Waals surface area (Å²) >= 11 is 0. The Morgan fingerprint density at radius 1 is 1.11 bits per heavy atom. The summed E-state index contributed by atoms with van der Waals surface area (Å²) in [6, 6.07) is 17.6. The maximum atomic E-state index is 12.8. The number of carbonyl (C=O) groups is 1. The van der Waals surface area contributed by atoms with Crippen LogP contribution in [0.4, 0.5) is 11.5 Å². The Labute approximate surface area is 208 Å². The molecule has 1 aliphatic carbocycles. The van der Waals surface area contributed by atoms with Crippen molar-refractivity contribution in [3.05, 3.63) is 78.4 Å². The van der Waals surface area contributed by atoms with Crippen LogP contribution in [0.25, 0.3) is 27.8 Å². The normalized spacial score (nSPS) is 17.8. The SMILES string of the molecule is C#Cc1cccc2cc(-c3nc([C@H]4CC[C@H](C(=O)Nc5ccccc5)CC4)n4ccnc(N)c34)[nH]c12. The van der Waals surface area contributed by atoms with Crippen LogP contribution in [-0.2, 0) is 4.79 Å². The smallest absolute Gasteiger partial charge is 0.227 e. The van der Waals surface area contributed by atoms with E-state index in [1.807, 2.05) is 54.7 Å². The molecule has 1 fully saturated rings. The van der Waals surface area contributed by atoms with Crippen molar-refractivity contribution < 1.29 is 4.79 Å². The van der Waals surface area contributed by atoms with Crippen LogP contribution < -0.4 is 11.1 Å². The lowest BCUT2D eigenvalue weighted by Gasteiger charge is -2.27. The zero-order valence-corrected chi connectivity index (χ0v) is 19.7. The number of H-pyrrole nitrogens is 1. The summed E-state index contributed by atoms with van der Waals surface area (Å²) in [4.78, 5) is 25.7. The molecule has 0 unspecified atom stereocenters. The average Bonchev–Trinajstić information content (AvgIpc) is 3.52. The highest BCUT2D eigenvalue weighted by molar-refractivity contribution is 5.94. The molecule has 4 N–H and O–H groups in total. The number of anilines is 2. The molecule has 0 saturated heterocycles. The number of para-hydroxylation sites is 2. The summed E-state index contributed by atoms with van der Waals surface area (Å²) in [5.74, 6) is 4.43. The summed E-state index contributed by atoms with van der Waals surface area (Å²) in [5.41, 5.74) is 11.3. The van der Waals surface area contributed by atoms with Crippen LogP contribution in [-0.4, -0.2) is 25.3 Å². The van der Waals surface area contributed by atoms with Crippen LogP contribution >= 0.6 is 0 Å². The molecule has 36 heavy (non-hydrogen) atoms. The van der Waals surface area contributed by atoms with Crippen molar-refractivity contribution in [2.24, 2.45) is 5.92 Å². The van der Waals surface area contributed by atoms with E-state index in [0.29, 0.717) is 5.82 Å². The summed E-state index contributed by atoms with van der Waals surface area (Å²) in [6.45, 7) is 0. The van der Waals surface area contributed by atoms with Gasteiger partial charge in [0, 0.05) is 40.9 Å². The largest absolute Gasteiger partial charge is 0.382 e. The zero-order valence-electron chi connectivity index (χ0n) is 19.7. The van der Waals surface area contributed by atoms with Gasteiger partial charge in [0.1, 0.15) is 22.9 Å². The van der Waals surface area contributed by atoms with Gasteiger partial charge in [0.05, 0.1) is 11.2 Å². The van der Waals surface area contributed by atoms with Gasteiger partial charge in [0.15, 0.2) is 0 Å². The van der Waals surface area contributed by atoms with Gasteiger partial charge in [0.2, 0.25) is 5.91 Å². The van der Waals surface area contributed by atoms with Crippen LogP contribution in [0.1, 0.15) is 43.0 Å². The number of terminal acetylenes is 1. The first-order chi connectivity index (χ1) is 17.6. The number of nitrogens with zero attached hydrogens (tertiary/aromatic N) is 3. The van der Waals surface area contributed by atoms with Crippen molar-refractivity contribution in [1.29, 1.82) is 0 Å². The standard InChI is InChI=1S/C29H26N6O/c1-2-18-7-6-8-21-17-23(33-24(18)21)25-26-27(30)31-15-16-35(26)28(34-25)19-11-13-20(14-12-19)29(36)32-22-9-4-3-5-10-22/h1,3-10,15-17,19-20,33H,11-14H2,(H2,30,31)(H,32,36)/t19-,20-. The minimum atomic E-state index is -0.00483. The molecular weight excluding hydrogens is 448 g/mol. The minimum absolute atomic E-state index is 0.00483. The molecule has 1 aliphatic rings. The monoisotopic (exact) mass is 474 g/mol.